The summed E-state index contributed by atoms with van der Waals surface area (Å²) < 4.78 is 1.12. The summed E-state index contributed by atoms with van der Waals surface area (Å²) in [6, 6.07) is 12.2. The van der Waals surface area contributed by atoms with Crippen LogP contribution in [0.2, 0.25) is 0 Å². The van der Waals surface area contributed by atoms with Gasteiger partial charge in [0.25, 0.3) is 5.91 Å². The van der Waals surface area contributed by atoms with Crippen molar-refractivity contribution in [2.45, 2.75) is 32.6 Å². The van der Waals surface area contributed by atoms with Crippen LogP contribution >= 0.6 is 35.5 Å². The van der Waals surface area contributed by atoms with Gasteiger partial charge in [-0.2, -0.15) is 0 Å². The molecule has 0 N–H and O–H groups in total. The molecule has 0 aliphatic rings. The van der Waals surface area contributed by atoms with Crippen molar-refractivity contribution in [1.82, 2.24) is 9.88 Å². The van der Waals surface area contributed by atoms with E-state index in [2.05, 4.69) is 57.0 Å². The lowest BCUT2D eigenvalue weighted by molar-refractivity contribution is 0.0983. The summed E-state index contributed by atoms with van der Waals surface area (Å²) in [4.78, 5) is 23.7. The summed E-state index contributed by atoms with van der Waals surface area (Å²) in [5.41, 5.74) is 4.03. The molecule has 0 atom stereocenters. The number of amides is 1. The van der Waals surface area contributed by atoms with Gasteiger partial charge in [-0.05, 0) is 68.6 Å². The van der Waals surface area contributed by atoms with Crippen LogP contribution in [0.25, 0.3) is 10.2 Å². The second kappa shape index (κ2) is 11.1. The molecule has 0 unspecified atom stereocenters. The molecule has 3 rings (SSSR count). The lowest BCUT2D eigenvalue weighted by atomic mass is 10.1. The van der Waals surface area contributed by atoms with Crippen molar-refractivity contribution >= 4 is 56.8 Å². The third-order valence-electron chi connectivity index (χ3n) is 5.35. The maximum Gasteiger partial charge on any atom is 0.260 e. The highest BCUT2D eigenvalue weighted by molar-refractivity contribution is 7.98. The Hall–Kier alpha value is -1.60. The minimum atomic E-state index is 0. The molecule has 4 nitrogen and oxygen atoms in total. The van der Waals surface area contributed by atoms with Gasteiger partial charge >= 0.3 is 0 Å². The number of likely N-dealkylation sites (N-methyl/N-ethyl adjacent to an activating group) is 1. The molecule has 0 saturated heterocycles. The fourth-order valence-corrected chi connectivity index (χ4v) is 4.93. The summed E-state index contributed by atoms with van der Waals surface area (Å²) in [5.74, 6) is 0.0185. The number of rotatable bonds is 8. The number of halogens is 1. The first-order valence-electron chi connectivity index (χ1n) is 10.0. The highest BCUT2D eigenvalue weighted by Gasteiger charge is 2.22. The van der Waals surface area contributed by atoms with Crippen LogP contribution in [0.1, 0.15) is 35.3 Å². The van der Waals surface area contributed by atoms with Crippen molar-refractivity contribution in [2.24, 2.45) is 0 Å². The number of thioether (sulfide) groups is 1. The van der Waals surface area contributed by atoms with E-state index in [9.17, 15) is 4.79 Å². The molecule has 2 aromatic carbocycles. The monoisotopic (exact) mass is 463 g/mol. The van der Waals surface area contributed by atoms with E-state index in [1.165, 1.54) is 5.56 Å². The Morgan fingerprint density at radius 3 is 2.43 bits per heavy atom. The predicted octanol–water partition coefficient (Wildman–Crippen LogP) is 6.05. The van der Waals surface area contributed by atoms with Crippen LogP contribution in [0.4, 0.5) is 5.13 Å². The predicted molar refractivity (Wildman–Crippen MR) is 134 cm³/mol. The second-order valence-corrected chi connectivity index (χ2v) is 8.94. The van der Waals surface area contributed by atoms with Crippen molar-refractivity contribution < 1.29 is 4.79 Å². The molecule has 1 amide bonds. The summed E-state index contributed by atoms with van der Waals surface area (Å²) in [6.45, 7) is 11.8. The van der Waals surface area contributed by atoms with Gasteiger partial charge in [0, 0.05) is 23.5 Å². The quantitative estimate of drug-likeness (QED) is 0.381. The van der Waals surface area contributed by atoms with E-state index < -0.39 is 0 Å². The molecule has 0 aliphatic carbocycles. The van der Waals surface area contributed by atoms with E-state index >= 15 is 0 Å². The first-order chi connectivity index (χ1) is 14.0. The molecule has 30 heavy (non-hydrogen) atoms. The number of thiazole rings is 1. The summed E-state index contributed by atoms with van der Waals surface area (Å²) in [7, 11) is 0. The van der Waals surface area contributed by atoms with Gasteiger partial charge in [0.15, 0.2) is 5.13 Å². The van der Waals surface area contributed by atoms with E-state index in [0.717, 1.165) is 51.0 Å². The van der Waals surface area contributed by atoms with Gasteiger partial charge in [-0.3, -0.25) is 9.69 Å². The molecule has 0 radical (unpaired) electrons. The fraction of sp³-hybridized carbons (Fsp3) is 0.391. The second-order valence-electron chi connectivity index (χ2n) is 7.09. The summed E-state index contributed by atoms with van der Waals surface area (Å²) in [5, 5.41) is 0.775. The smallest absolute Gasteiger partial charge is 0.260 e. The average molecular weight is 464 g/mol. The number of para-hydroxylation sites is 1. The Bertz CT molecular complexity index is 1000. The Labute approximate surface area is 194 Å². The molecule has 0 bridgehead atoms. The van der Waals surface area contributed by atoms with Gasteiger partial charge in [0.1, 0.15) is 0 Å². The standard InChI is InChI=1S/C23H29N3OS2.ClH/c1-6-25(7-2)13-14-26(22(27)18-12-11-16(3)17(4)15-18)23-24-21-19(28-5)9-8-10-20(21)29-23;/h8-12,15H,6-7,13-14H2,1-5H3;1H. The van der Waals surface area contributed by atoms with Crippen molar-refractivity contribution in [2.75, 3.05) is 37.3 Å². The molecule has 7 heteroatoms. The minimum absolute atomic E-state index is 0. The van der Waals surface area contributed by atoms with Gasteiger partial charge in [-0.1, -0.05) is 37.3 Å². The number of hydrogen-bond donors (Lipinski definition) is 0. The molecular weight excluding hydrogens is 434 g/mol. The number of nitrogens with zero attached hydrogens (tertiary/aromatic N) is 3. The maximum atomic E-state index is 13.5. The van der Waals surface area contributed by atoms with E-state index in [-0.39, 0.29) is 18.3 Å². The first-order valence-corrected chi connectivity index (χ1v) is 12.1. The van der Waals surface area contributed by atoms with Crippen LogP contribution in [0.3, 0.4) is 0 Å². The van der Waals surface area contributed by atoms with Crippen molar-refractivity contribution in [3.8, 4) is 0 Å². The highest BCUT2D eigenvalue weighted by atomic mass is 35.5. The van der Waals surface area contributed by atoms with Gasteiger partial charge in [0.2, 0.25) is 0 Å². The average Bonchev–Trinajstić information content (AvgIpc) is 3.16. The van der Waals surface area contributed by atoms with Crippen LogP contribution in [-0.4, -0.2) is 48.2 Å². The van der Waals surface area contributed by atoms with Gasteiger partial charge in [-0.15, -0.1) is 24.2 Å². The molecule has 0 spiro atoms. The van der Waals surface area contributed by atoms with Gasteiger partial charge in [-0.25, -0.2) is 4.98 Å². The van der Waals surface area contributed by atoms with Crippen LogP contribution < -0.4 is 4.90 Å². The van der Waals surface area contributed by atoms with Crippen LogP contribution in [0.15, 0.2) is 41.3 Å². The number of benzene rings is 2. The Morgan fingerprint density at radius 1 is 1.07 bits per heavy atom. The van der Waals surface area contributed by atoms with Crippen molar-refractivity contribution in [3.05, 3.63) is 53.1 Å². The van der Waals surface area contributed by atoms with E-state index in [4.69, 9.17) is 4.98 Å². The van der Waals surface area contributed by atoms with Gasteiger partial charge in [0.05, 0.1) is 10.2 Å². The number of hydrogen-bond acceptors (Lipinski definition) is 5. The zero-order valence-corrected chi connectivity index (χ0v) is 20.7. The molecule has 0 saturated carbocycles. The SMILES string of the molecule is CCN(CC)CCN(C(=O)c1ccc(C)c(C)c1)c1nc2c(SC)cccc2s1.Cl. The molecule has 1 aromatic heterocycles. The van der Waals surface area contributed by atoms with Crippen LogP contribution in [0, 0.1) is 13.8 Å². The normalized spacial score (nSPS) is 11.0. The number of aryl methyl sites for hydroxylation is 2. The lowest BCUT2D eigenvalue weighted by Crippen LogP contribution is -2.38. The Morgan fingerprint density at radius 2 is 1.80 bits per heavy atom. The largest absolute Gasteiger partial charge is 0.302 e. The Balaban J connectivity index is 0.00000320. The topological polar surface area (TPSA) is 36.4 Å². The minimum Gasteiger partial charge on any atom is -0.302 e. The zero-order valence-electron chi connectivity index (χ0n) is 18.3. The van der Waals surface area contributed by atoms with Crippen LogP contribution in [0.5, 0.6) is 0 Å². The van der Waals surface area contributed by atoms with Crippen molar-refractivity contribution in [1.29, 1.82) is 0 Å². The van der Waals surface area contributed by atoms with E-state index in [1.54, 1.807) is 23.1 Å². The lowest BCUT2D eigenvalue weighted by Gasteiger charge is -2.25. The number of carbonyl (C=O) groups excluding carboxylic acids is 1. The van der Waals surface area contributed by atoms with Gasteiger partial charge < -0.3 is 4.90 Å². The number of aromatic nitrogens is 1. The maximum absolute atomic E-state index is 13.5. The molecular formula is C23H30ClN3OS2. The number of carbonyl (C=O) groups is 1. The van der Waals surface area contributed by atoms with E-state index in [1.807, 2.05) is 23.1 Å². The summed E-state index contributed by atoms with van der Waals surface area (Å²) in [6.07, 6.45) is 2.06. The molecule has 1 heterocycles. The molecule has 0 aliphatic heterocycles. The first kappa shape index (κ1) is 24.7. The van der Waals surface area contributed by atoms with Crippen LogP contribution in [-0.2, 0) is 0 Å². The molecule has 0 fully saturated rings. The fourth-order valence-electron chi connectivity index (χ4n) is 3.29. The number of anilines is 1. The third kappa shape index (κ3) is 5.35. The third-order valence-corrected chi connectivity index (χ3v) is 7.17. The zero-order chi connectivity index (χ0) is 21.0. The highest BCUT2D eigenvalue weighted by Crippen LogP contribution is 2.34. The molecule has 3 aromatic rings. The van der Waals surface area contributed by atoms with E-state index in [0.29, 0.717) is 6.54 Å². The molecule has 162 valence electrons. The Kier molecular flexibility index (Phi) is 9.16. The summed E-state index contributed by atoms with van der Waals surface area (Å²) >= 11 is 3.28. The van der Waals surface area contributed by atoms with Crippen molar-refractivity contribution in [3.63, 3.8) is 0 Å². The number of fused-ring (bicyclic) bond motifs is 1.